The van der Waals surface area contributed by atoms with Crippen molar-refractivity contribution in [2.24, 2.45) is 0 Å². The van der Waals surface area contributed by atoms with Crippen LogP contribution in [0.3, 0.4) is 0 Å². The van der Waals surface area contributed by atoms with Crippen molar-refractivity contribution in [2.75, 3.05) is 0 Å². The molecule has 2 aromatic carbocycles. The molecule has 2 aromatic rings. The van der Waals surface area contributed by atoms with Crippen LogP contribution in [0.2, 0.25) is 0 Å². The molecule has 0 atom stereocenters. The zero-order valence-corrected chi connectivity index (χ0v) is 7.57. The predicted molar refractivity (Wildman–Crippen MR) is 52.7 cm³/mol. The summed E-state index contributed by atoms with van der Waals surface area (Å²) in [7, 11) is 0. The molecule has 0 unspecified atom stereocenters. The number of hydrogen-bond acceptors (Lipinski definition) is 2. The Kier molecular flexibility index (Phi) is 2.19. The lowest BCUT2D eigenvalue weighted by molar-refractivity contribution is -0.304. The van der Waals surface area contributed by atoms with E-state index >= 15 is 0 Å². The van der Waals surface area contributed by atoms with Crippen LogP contribution >= 0.6 is 0 Å². The van der Waals surface area contributed by atoms with Gasteiger partial charge in [0.1, 0.15) is 0 Å². The number of fused-ring (bicyclic) bond motifs is 1. The van der Waals surface area contributed by atoms with Gasteiger partial charge in [-0.2, -0.15) is 0 Å². The largest absolute Gasteiger partial charge is 0.550 e. The van der Waals surface area contributed by atoms with Gasteiger partial charge in [-0.1, -0.05) is 42.5 Å². The van der Waals surface area contributed by atoms with E-state index < -0.39 is 5.97 Å². The van der Waals surface area contributed by atoms with Crippen molar-refractivity contribution < 1.29 is 9.90 Å². The Hall–Kier alpha value is -1.83. The van der Waals surface area contributed by atoms with Crippen molar-refractivity contribution in [3.63, 3.8) is 0 Å². The van der Waals surface area contributed by atoms with Crippen LogP contribution in [0.5, 0.6) is 0 Å². The van der Waals surface area contributed by atoms with Gasteiger partial charge in [-0.25, -0.2) is 0 Å². The third-order valence-electron chi connectivity index (χ3n) is 2.16. The van der Waals surface area contributed by atoms with Gasteiger partial charge in [-0.05, 0) is 16.3 Å². The summed E-state index contributed by atoms with van der Waals surface area (Å²) in [4.78, 5) is 10.4. The lowest BCUT2D eigenvalue weighted by atomic mass is 10.1. The lowest BCUT2D eigenvalue weighted by Gasteiger charge is -2.04. The van der Waals surface area contributed by atoms with E-state index in [-0.39, 0.29) is 6.42 Å². The van der Waals surface area contributed by atoms with Gasteiger partial charge in [0, 0.05) is 12.4 Å². The number of rotatable bonds is 2. The molecule has 70 valence electrons. The van der Waals surface area contributed by atoms with Gasteiger partial charge >= 0.3 is 0 Å². The number of hydrogen-bond donors (Lipinski definition) is 0. The summed E-state index contributed by atoms with van der Waals surface area (Å²) in [5, 5.41) is 12.6. The van der Waals surface area contributed by atoms with Gasteiger partial charge in [0.25, 0.3) is 0 Å². The van der Waals surface area contributed by atoms with E-state index in [2.05, 4.69) is 0 Å². The summed E-state index contributed by atoms with van der Waals surface area (Å²) in [5.41, 5.74) is 0.781. The minimum absolute atomic E-state index is 0.0230. The Morgan fingerprint density at radius 1 is 1.07 bits per heavy atom. The normalized spacial score (nSPS) is 10.3. The molecule has 2 heteroatoms. The third-order valence-corrected chi connectivity index (χ3v) is 2.16. The maximum Gasteiger partial charge on any atom is 0.0458 e. The molecular weight excluding hydrogens is 176 g/mol. The van der Waals surface area contributed by atoms with Crippen molar-refractivity contribution >= 4 is 16.7 Å². The van der Waals surface area contributed by atoms with Gasteiger partial charge in [-0.15, -0.1) is 0 Å². The fraction of sp³-hybridized carbons (Fsp3) is 0.0833. The topological polar surface area (TPSA) is 40.1 Å². The Morgan fingerprint density at radius 3 is 2.50 bits per heavy atom. The van der Waals surface area contributed by atoms with Crippen LogP contribution in [-0.4, -0.2) is 5.97 Å². The molecular formula is C12H9O2-. The van der Waals surface area contributed by atoms with Crippen LogP contribution in [0.25, 0.3) is 10.8 Å². The quantitative estimate of drug-likeness (QED) is 0.703. The van der Waals surface area contributed by atoms with Gasteiger partial charge in [0.15, 0.2) is 0 Å². The average molecular weight is 185 g/mol. The van der Waals surface area contributed by atoms with E-state index in [4.69, 9.17) is 0 Å². The molecule has 0 heterocycles. The maximum absolute atomic E-state index is 10.4. The van der Waals surface area contributed by atoms with Crippen LogP contribution in [0.4, 0.5) is 0 Å². The molecule has 0 spiro atoms. The highest BCUT2D eigenvalue weighted by atomic mass is 16.4. The first kappa shape index (κ1) is 8.75. The van der Waals surface area contributed by atoms with E-state index in [0.717, 1.165) is 16.3 Å². The van der Waals surface area contributed by atoms with Crippen LogP contribution in [-0.2, 0) is 11.2 Å². The number of carbonyl (C=O) groups is 1. The summed E-state index contributed by atoms with van der Waals surface area (Å²) in [6.45, 7) is 0. The Morgan fingerprint density at radius 2 is 1.79 bits per heavy atom. The second-order valence-electron chi connectivity index (χ2n) is 3.23. The van der Waals surface area contributed by atoms with Crippen LogP contribution in [0, 0.1) is 0 Å². The molecule has 0 aliphatic carbocycles. The summed E-state index contributed by atoms with van der Waals surface area (Å²) < 4.78 is 0. The molecule has 0 aromatic heterocycles. The predicted octanol–water partition coefficient (Wildman–Crippen LogP) is 1.13. The molecule has 0 fully saturated rings. The molecule has 2 nitrogen and oxygen atoms in total. The maximum atomic E-state index is 10.4. The highest BCUT2D eigenvalue weighted by Crippen LogP contribution is 2.15. The summed E-state index contributed by atoms with van der Waals surface area (Å²) >= 11 is 0. The van der Waals surface area contributed by atoms with E-state index in [1.54, 1.807) is 0 Å². The summed E-state index contributed by atoms with van der Waals surface area (Å²) in [6.07, 6.45) is -0.0230. The van der Waals surface area contributed by atoms with Crippen molar-refractivity contribution in [3.05, 3.63) is 48.0 Å². The molecule has 14 heavy (non-hydrogen) atoms. The Balaban J connectivity index is 2.46. The van der Waals surface area contributed by atoms with Crippen molar-refractivity contribution in [1.82, 2.24) is 0 Å². The Bertz CT molecular complexity index is 474. The van der Waals surface area contributed by atoms with E-state index in [0.29, 0.717) is 0 Å². The molecule has 2 rings (SSSR count). The monoisotopic (exact) mass is 185 g/mol. The number of aliphatic carboxylic acids is 1. The fourth-order valence-electron chi connectivity index (χ4n) is 1.52. The molecule has 0 radical (unpaired) electrons. The number of carboxylic acids is 1. The lowest BCUT2D eigenvalue weighted by Crippen LogP contribution is -2.24. The molecule has 0 N–H and O–H groups in total. The number of benzene rings is 2. The first-order chi connectivity index (χ1) is 6.75. The summed E-state index contributed by atoms with van der Waals surface area (Å²) in [5.74, 6) is -1.04. The molecule has 0 saturated carbocycles. The van der Waals surface area contributed by atoms with E-state index in [1.807, 2.05) is 42.5 Å². The SMILES string of the molecule is O=C([O-])Cc1ccc2ccccc2c1. The van der Waals surface area contributed by atoms with Gasteiger partial charge in [0.2, 0.25) is 0 Å². The van der Waals surface area contributed by atoms with Crippen molar-refractivity contribution in [1.29, 1.82) is 0 Å². The smallest absolute Gasteiger partial charge is 0.0458 e. The molecule has 0 aliphatic rings. The van der Waals surface area contributed by atoms with Crippen molar-refractivity contribution in [3.8, 4) is 0 Å². The van der Waals surface area contributed by atoms with Gasteiger partial charge in [-0.3, -0.25) is 0 Å². The van der Waals surface area contributed by atoms with E-state index in [1.165, 1.54) is 0 Å². The minimum Gasteiger partial charge on any atom is -0.550 e. The molecule has 0 bridgehead atoms. The highest BCUT2D eigenvalue weighted by molar-refractivity contribution is 5.84. The first-order valence-corrected chi connectivity index (χ1v) is 4.43. The molecule has 0 saturated heterocycles. The number of carbonyl (C=O) groups excluding carboxylic acids is 1. The molecule has 0 aliphatic heterocycles. The van der Waals surface area contributed by atoms with Gasteiger partial charge in [0.05, 0.1) is 0 Å². The summed E-state index contributed by atoms with van der Waals surface area (Å²) in [6, 6.07) is 13.5. The zero-order valence-electron chi connectivity index (χ0n) is 7.57. The van der Waals surface area contributed by atoms with Crippen LogP contribution in [0.1, 0.15) is 5.56 Å². The van der Waals surface area contributed by atoms with E-state index in [9.17, 15) is 9.90 Å². The molecule has 0 amide bonds. The average Bonchev–Trinajstić information content (AvgIpc) is 2.17. The second-order valence-corrected chi connectivity index (χ2v) is 3.23. The number of carboxylic acid groups (broad SMARTS) is 1. The fourth-order valence-corrected chi connectivity index (χ4v) is 1.52. The van der Waals surface area contributed by atoms with Crippen LogP contribution in [0.15, 0.2) is 42.5 Å². The second kappa shape index (κ2) is 3.50. The van der Waals surface area contributed by atoms with Crippen LogP contribution < -0.4 is 5.11 Å². The standard InChI is InChI=1S/C12H10O2/c13-12(14)8-9-5-6-10-3-1-2-4-11(10)7-9/h1-7H,8H2,(H,13,14)/p-1. The highest BCUT2D eigenvalue weighted by Gasteiger charge is 1.95. The Labute approximate surface area is 81.8 Å². The third kappa shape index (κ3) is 1.74. The first-order valence-electron chi connectivity index (χ1n) is 4.43. The zero-order chi connectivity index (χ0) is 9.97. The minimum atomic E-state index is -1.04. The van der Waals surface area contributed by atoms with Crippen molar-refractivity contribution in [2.45, 2.75) is 6.42 Å². The van der Waals surface area contributed by atoms with Gasteiger partial charge < -0.3 is 9.90 Å².